The van der Waals surface area contributed by atoms with Crippen LogP contribution in [0.2, 0.25) is 0 Å². The summed E-state index contributed by atoms with van der Waals surface area (Å²) in [4.78, 5) is 12.1. The van der Waals surface area contributed by atoms with Crippen molar-refractivity contribution in [1.82, 2.24) is 15.5 Å². The predicted octanol–water partition coefficient (Wildman–Crippen LogP) is 3.27. The van der Waals surface area contributed by atoms with Crippen LogP contribution >= 0.6 is 11.8 Å². The number of thioether (sulfide) groups is 1. The molecule has 0 radical (unpaired) electrons. The Morgan fingerprint density at radius 1 is 1.29 bits per heavy atom. The molecule has 0 saturated carbocycles. The van der Waals surface area contributed by atoms with Crippen molar-refractivity contribution in [3.05, 3.63) is 54.2 Å². The second kappa shape index (κ2) is 7.31. The van der Waals surface area contributed by atoms with Gasteiger partial charge in [-0.1, -0.05) is 11.8 Å². The van der Waals surface area contributed by atoms with E-state index in [0.29, 0.717) is 17.9 Å². The van der Waals surface area contributed by atoms with E-state index in [2.05, 4.69) is 15.5 Å². The number of nitrogens with one attached hydrogen (secondary N) is 1. The van der Waals surface area contributed by atoms with Crippen LogP contribution in [-0.4, -0.2) is 21.4 Å². The van der Waals surface area contributed by atoms with E-state index in [0.717, 1.165) is 11.8 Å². The quantitative estimate of drug-likeness (QED) is 0.689. The van der Waals surface area contributed by atoms with Crippen molar-refractivity contribution >= 4 is 17.7 Å². The monoisotopic (exact) mass is 347 g/mol. The first-order valence-electron chi connectivity index (χ1n) is 7.18. The van der Waals surface area contributed by atoms with Gasteiger partial charge in [0.25, 0.3) is 5.22 Å². The fraction of sp³-hybridized carbons (Fsp3) is 0.188. The maximum Gasteiger partial charge on any atom is 0.277 e. The summed E-state index contributed by atoms with van der Waals surface area (Å²) in [6.07, 6.45) is 1.55. The summed E-state index contributed by atoms with van der Waals surface area (Å²) in [5, 5.41) is 10.4. The highest BCUT2D eigenvalue weighted by molar-refractivity contribution is 8.00. The smallest absolute Gasteiger partial charge is 0.277 e. The molecule has 1 aromatic carbocycles. The molecule has 124 valence electrons. The standard InChI is InChI=1S/C16H14FN3O3S/c1-10(14(21)18-9-13-3-2-8-22-13)24-16-20-19-15(23-16)11-4-6-12(17)7-5-11/h2-8,10H,9H2,1H3,(H,18,21)/t10-/m0/s1. The Kier molecular flexibility index (Phi) is 4.95. The van der Waals surface area contributed by atoms with Crippen LogP contribution < -0.4 is 5.32 Å². The zero-order valence-electron chi connectivity index (χ0n) is 12.7. The minimum atomic E-state index is -0.415. The number of benzene rings is 1. The minimum absolute atomic E-state index is 0.169. The summed E-state index contributed by atoms with van der Waals surface area (Å²) >= 11 is 1.15. The lowest BCUT2D eigenvalue weighted by atomic mass is 10.2. The molecule has 3 rings (SSSR count). The van der Waals surface area contributed by atoms with Gasteiger partial charge < -0.3 is 14.2 Å². The molecule has 1 amide bonds. The van der Waals surface area contributed by atoms with Crippen LogP contribution in [0.1, 0.15) is 12.7 Å². The van der Waals surface area contributed by atoms with Gasteiger partial charge in [-0.05, 0) is 43.3 Å². The Labute approximate surface area is 141 Å². The normalized spacial score (nSPS) is 12.1. The molecule has 0 aliphatic heterocycles. The fourth-order valence-corrected chi connectivity index (χ4v) is 2.61. The molecule has 0 bridgehead atoms. The summed E-state index contributed by atoms with van der Waals surface area (Å²) in [6, 6.07) is 9.28. The van der Waals surface area contributed by atoms with E-state index in [1.807, 2.05) is 0 Å². The van der Waals surface area contributed by atoms with Gasteiger partial charge in [0.1, 0.15) is 11.6 Å². The number of furan rings is 1. The third-order valence-corrected chi connectivity index (χ3v) is 4.10. The number of rotatable bonds is 6. The molecule has 0 saturated heterocycles. The average molecular weight is 347 g/mol. The lowest BCUT2D eigenvalue weighted by Crippen LogP contribution is -2.30. The van der Waals surface area contributed by atoms with Crippen molar-refractivity contribution in [2.75, 3.05) is 0 Å². The van der Waals surface area contributed by atoms with Crippen molar-refractivity contribution in [1.29, 1.82) is 0 Å². The number of aromatic nitrogens is 2. The van der Waals surface area contributed by atoms with Gasteiger partial charge in [-0.25, -0.2) is 4.39 Å². The first-order valence-corrected chi connectivity index (χ1v) is 8.06. The van der Waals surface area contributed by atoms with Crippen molar-refractivity contribution in [3.8, 4) is 11.5 Å². The van der Waals surface area contributed by atoms with E-state index >= 15 is 0 Å². The second-order valence-corrected chi connectivity index (χ2v) is 6.23. The van der Waals surface area contributed by atoms with Crippen LogP contribution in [0.5, 0.6) is 0 Å². The van der Waals surface area contributed by atoms with Gasteiger partial charge in [-0.3, -0.25) is 4.79 Å². The van der Waals surface area contributed by atoms with E-state index < -0.39 is 5.25 Å². The highest BCUT2D eigenvalue weighted by Gasteiger charge is 2.18. The number of nitrogens with zero attached hydrogens (tertiary/aromatic N) is 2. The number of halogens is 1. The van der Waals surface area contributed by atoms with Crippen LogP contribution in [0.25, 0.3) is 11.5 Å². The molecular weight excluding hydrogens is 333 g/mol. The third kappa shape index (κ3) is 4.02. The van der Waals surface area contributed by atoms with Gasteiger partial charge in [-0.2, -0.15) is 0 Å². The minimum Gasteiger partial charge on any atom is -0.467 e. The summed E-state index contributed by atoms with van der Waals surface area (Å²) in [5.41, 5.74) is 0.616. The van der Waals surface area contributed by atoms with Gasteiger partial charge in [0.2, 0.25) is 11.8 Å². The third-order valence-electron chi connectivity index (χ3n) is 3.16. The number of carbonyl (C=O) groups is 1. The number of hydrogen-bond acceptors (Lipinski definition) is 6. The number of carbonyl (C=O) groups excluding carboxylic acids is 1. The summed E-state index contributed by atoms with van der Waals surface area (Å²) in [5.74, 6) is 0.449. The van der Waals surface area contributed by atoms with Gasteiger partial charge >= 0.3 is 0 Å². The number of hydrogen-bond donors (Lipinski definition) is 1. The van der Waals surface area contributed by atoms with Gasteiger partial charge in [-0.15, -0.1) is 10.2 Å². The molecule has 1 N–H and O–H groups in total. The Morgan fingerprint density at radius 3 is 2.79 bits per heavy atom. The van der Waals surface area contributed by atoms with Crippen LogP contribution in [-0.2, 0) is 11.3 Å². The zero-order valence-corrected chi connectivity index (χ0v) is 13.5. The van der Waals surface area contributed by atoms with E-state index in [-0.39, 0.29) is 22.8 Å². The van der Waals surface area contributed by atoms with E-state index in [4.69, 9.17) is 8.83 Å². The Balaban J connectivity index is 1.57. The van der Waals surface area contributed by atoms with Crippen LogP contribution in [0.4, 0.5) is 4.39 Å². The zero-order chi connectivity index (χ0) is 16.9. The SMILES string of the molecule is C[C@H](Sc1nnc(-c2ccc(F)cc2)o1)C(=O)NCc1ccco1. The number of amides is 1. The van der Waals surface area contributed by atoms with Crippen LogP contribution in [0, 0.1) is 5.82 Å². The van der Waals surface area contributed by atoms with Gasteiger partial charge in [0, 0.05) is 5.56 Å². The topological polar surface area (TPSA) is 81.2 Å². The molecule has 3 aromatic rings. The molecule has 8 heteroatoms. The Morgan fingerprint density at radius 2 is 2.08 bits per heavy atom. The first kappa shape index (κ1) is 16.3. The maximum atomic E-state index is 12.9. The van der Waals surface area contributed by atoms with Crippen molar-refractivity contribution < 1.29 is 18.0 Å². The van der Waals surface area contributed by atoms with Gasteiger partial charge in [0.15, 0.2) is 0 Å². The molecule has 0 unspecified atom stereocenters. The largest absolute Gasteiger partial charge is 0.467 e. The highest BCUT2D eigenvalue weighted by atomic mass is 32.2. The molecule has 2 aromatic heterocycles. The molecule has 2 heterocycles. The fourth-order valence-electron chi connectivity index (χ4n) is 1.90. The molecule has 0 aliphatic rings. The second-order valence-electron chi connectivity index (χ2n) is 4.94. The first-order chi connectivity index (χ1) is 11.6. The highest BCUT2D eigenvalue weighted by Crippen LogP contribution is 2.26. The molecular formula is C16H14FN3O3S. The molecule has 24 heavy (non-hydrogen) atoms. The predicted molar refractivity (Wildman–Crippen MR) is 85.6 cm³/mol. The van der Waals surface area contributed by atoms with Crippen LogP contribution in [0.3, 0.4) is 0 Å². The Hall–Kier alpha value is -2.61. The lowest BCUT2D eigenvalue weighted by Gasteiger charge is -2.08. The van der Waals surface area contributed by atoms with Crippen molar-refractivity contribution in [2.45, 2.75) is 23.9 Å². The molecule has 1 atom stereocenters. The molecule has 0 fully saturated rings. The lowest BCUT2D eigenvalue weighted by molar-refractivity contribution is -0.120. The Bertz CT molecular complexity index is 802. The summed E-state index contributed by atoms with van der Waals surface area (Å²) in [6.45, 7) is 2.06. The van der Waals surface area contributed by atoms with E-state index in [9.17, 15) is 9.18 Å². The molecule has 0 spiro atoms. The maximum absolute atomic E-state index is 12.9. The molecule has 0 aliphatic carbocycles. The summed E-state index contributed by atoms with van der Waals surface area (Å²) in [7, 11) is 0. The average Bonchev–Trinajstić information content (AvgIpc) is 3.25. The van der Waals surface area contributed by atoms with E-state index in [1.165, 1.54) is 12.1 Å². The summed E-state index contributed by atoms with van der Waals surface area (Å²) < 4.78 is 23.6. The van der Waals surface area contributed by atoms with Crippen molar-refractivity contribution in [2.24, 2.45) is 0 Å². The van der Waals surface area contributed by atoms with Crippen molar-refractivity contribution in [3.63, 3.8) is 0 Å². The molecule has 6 nitrogen and oxygen atoms in total. The van der Waals surface area contributed by atoms with Gasteiger partial charge in [0.05, 0.1) is 18.1 Å². The van der Waals surface area contributed by atoms with E-state index in [1.54, 1.807) is 37.5 Å². The van der Waals surface area contributed by atoms with Crippen LogP contribution in [0.15, 0.2) is 56.7 Å².